The van der Waals surface area contributed by atoms with Crippen LogP contribution in [0.1, 0.15) is 18.4 Å². The lowest BCUT2D eigenvalue weighted by atomic mass is 10.2. The summed E-state index contributed by atoms with van der Waals surface area (Å²) in [6.07, 6.45) is 1.31. The summed E-state index contributed by atoms with van der Waals surface area (Å²) in [4.78, 5) is 0.214. The summed E-state index contributed by atoms with van der Waals surface area (Å²) in [5.74, 6) is 0. The van der Waals surface area contributed by atoms with Crippen molar-refractivity contribution in [1.82, 2.24) is 0 Å². The van der Waals surface area contributed by atoms with E-state index in [0.717, 1.165) is 5.56 Å². The minimum absolute atomic E-state index is 0.194. The fourth-order valence-electron chi connectivity index (χ4n) is 1.11. The van der Waals surface area contributed by atoms with E-state index in [2.05, 4.69) is 6.92 Å². The Hall–Kier alpha value is -0.870. The Labute approximate surface area is 91.2 Å². The van der Waals surface area contributed by atoms with Gasteiger partial charge < -0.3 is 0 Å². The zero-order valence-corrected chi connectivity index (χ0v) is 9.59. The molecule has 0 bridgehead atoms. The van der Waals surface area contributed by atoms with Gasteiger partial charge in [-0.3, -0.25) is 4.18 Å². The molecule has 0 unspecified atom stereocenters. The van der Waals surface area contributed by atoms with Crippen LogP contribution in [0.3, 0.4) is 0 Å². The summed E-state index contributed by atoms with van der Waals surface area (Å²) in [5.41, 5.74) is 0.900. The molecule has 1 rings (SSSR count). The van der Waals surface area contributed by atoms with Crippen molar-refractivity contribution in [1.29, 1.82) is 0 Å². The van der Waals surface area contributed by atoms with Gasteiger partial charge in [0, 0.05) is 0 Å². The van der Waals surface area contributed by atoms with E-state index in [1.807, 2.05) is 13.0 Å². The van der Waals surface area contributed by atoms with E-state index in [1.165, 1.54) is 6.07 Å². The molecule has 4 heteroatoms. The summed E-state index contributed by atoms with van der Waals surface area (Å²) < 4.78 is 28.1. The quantitative estimate of drug-likeness (QED) is 0.572. The number of aryl methyl sites for hydroxylation is 1. The maximum atomic E-state index is 11.6. The molecule has 0 fully saturated rings. The number of benzene rings is 1. The Bertz CT molecular complexity index is 410. The molecule has 0 aliphatic carbocycles. The zero-order valence-electron chi connectivity index (χ0n) is 8.77. The van der Waals surface area contributed by atoms with Crippen LogP contribution in [0.2, 0.25) is 0 Å². The lowest BCUT2D eigenvalue weighted by Crippen LogP contribution is -2.07. The van der Waals surface area contributed by atoms with Crippen molar-refractivity contribution < 1.29 is 12.6 Å². The standard InChI is InChI=1S/C11H15O3S/c1-3-4-8-14-15(12,13)11-7-5-6-10(2)9-11/h5-7,9H,1,3-4,8H2,2H3. The second-order valence-electron chi connectivity index (χ2n) is 3.30. The van der Waals surface area contributed by atoms with Crippen LogP contribution in [-0.2, 0) is 14.3 Å². The Morgan fingerprint density at radius 2 is 2.13 bits per heavy atom. The van der Waals surface area contributed by atoms with E-state index in [4.69, 9.17) is 4.18 Å². The van der Waals surface area contributed by atoms with Gasteiger partial charge in [-0.1, -0.05) is 25.5 Å². The molecule has 0 spiro atoms. The maximum absolute atomic E-state index is 11.6. The smallest absolute Gasteiger partial charge is 0.266 e. The van der Waals surface area contributed by atoms with E-state index in [-0.39, 0.29) is 11.5 Å². The number of hydrogen-bond acceptors (Lipinski definition) is 3. The SMILES string of the molecule is [CH2]CCCOS(=O)(=O)c1cccc(C)c1. The summed E-state index contributed by atoms with van der Waals surface area (Å²) in [6.45, 7) is 5.65. The molecule has 0 saturated carbocycles. The third-order valence-corrected chi connectivity index (χ3v) is 3.22. The first-order valence-corrected chi connectivity index (χ1v) is 6.22. The molecule has 83 valence electrons. The minimum atomic E-state index is -3.58. The van der Waals surface area contributed by atoms with Gasteiger partial charge in [0.15, 0.2) is 0 Å². The van der Waals surface area contributed by atoms with Crippen LogP contribution in [0.4, 0.5) is 0 Å². The number of hydrogen-bond donors (Lipinski definition) is 0. The Balaban J connectivity index is 2.77. The van der Waals surface area contributed by atoms with Crippen molar-refractivity contribution in [2.45, 2.75) is 24.7 Å². The number of rotatable bonds is 5. The third kappa shape index (κ3) is 3.64. The highest BCUT2D eigenvalue weighted by atomic mass is 32.2. The third-order valence-electron chi connectivity index (χ3n) is 1.91. The molecule has 1 radical (unpaired) electrons. The van der Waals surface area contributed by atoms with Gasteiger partial charge in [-0.25, -0.2) is 0 Å². The molecule has 3 nitrogen and oxygen atoms in total. The van der Waals surface area contributed by atoms with E-state index in [9.17, 15) is 8.42 Å². The van der Waals surface area contributed by atoms with Crippen LogP contribution in [0.15, 0.2) is 29.2 Å². The van der Waals surface area contributed by atoms with Crippen LogP contribution in [-0.4, -0.2) is 15.0 Å². The van der Waals surface area contributed by atoms with E-state index >= 15 is 0 Å². The normalized spacial score (nSPS) is 11.6. The van der Waals surface area contributed by atoms with Crippen molar-refractivity contribution in [3.63, 3.8) is 0 Å². The molecule has 0 heterocycles. The molecular formula is C11H15O3S. The molecular weight excluding hydrogens is 212 g/mol. The highest BCUT2D eigenvalue weighted by Crippen LogP contribution is 2.14. The molecule has 0 aliphatic rings. The van der Waals surface area contributed by atoms with Crippen LogP contribution in [0.5, 0.6) is 0 Å². The van der Waals surface area contributed by atoms with Gasteiger partial charge in [-0.05, 0) is 31.0 Å². The predicted molar refractivity (Wildman–Crippen MR) is 58.9 cm³/mol. The molecule has 0 aromatic heterocycles. The minimum Gasteiger partial charge on any atom is -0.266 e. The molecule has 1 aromatic rings. The van der Waals surface area contributed by atoms with Gasteiger partial charge in [0.05, 0.1) is 11.5 Å². The van der Waals surface area contributed by atoms with Crippen LogP contribution in [0, 0.1) is 13.8 Å². The first-order chi connectivity index (χ1) is 7.06. The molecule has 1 aromatic carbocycles. The highest BCUT2D eigenvalue weighted by molar-refractivity contribution is 7.86. The van der Waals surface area contributed by atoms with Crippen LogP contribution in [0.25, 0.3) is 0 Å². The van der Waals surface area contributed by atoms with E-state index in [0.29, 0.717) is 12.8 Å². The molecule has 0 N–H and O–H groups in total. The molecule has 0 amide bonds. The monoisotopic (exact) mass is 227 g/mol. The first kappa shape index (κ1) is 12.2. The van der Waals surface area contributed by atoms with Crippen LogP contribution >= 0.6 is 0 Å². The summed E-state index contributed by atoms with van der Waals surface area (Å²) in [5, 5.41) is 0. The van der Waals surface area contributed by atoms with Gasteiger partial charge >= 0.3 is 0 Å². The second-order valence-corrected chi connectivity index (χ2v) is 4.92. The average Bonchev–Trinajstić information content (AvgIpc) is 2.18. The zero-order chi connectivity index (χ0) is 11.3. The Kier molecular flexibility index (Phi) is 4.29. The molecule has 0 saturated heterocycles. The van der Waals surface area contributed by atoms with Gasteiger partial charge in [0.2, 0.25) is 0 Å². The first-order valence-electron chi connectivity index (χ1n) is 4.81. The second kappa shape index (κ2) is 5.28. The maximum Gasteiger partial charge on any atom is 0.296 e. The van der Waals surface area contributed by atoms with Crippen molar-refractivity contribution in [3.05, 3.63) is 36.8 Å². The van der Waals surface area contributed by atoms with Gasteiger partial charge in [0.1, 0.15) is 0 Å². The summed E-state index contributed by atoms with van der Waals surface area (Å²) >= 11 is 0. The lowest BCUT2D eigenvalue weighted by molar-refractivity contribution is 0.313. The van der Waals surface area contributed by atoms with Gasteiger partial charge in [0.25, 0.3) is 10.1 Å². The molecule has 0 atom stereocenters. The van der Waals surface area contributed by atoms with E-state index in [1.54, 1.807) is 12.1 Å². The van der Waals surface area contributed by atoms with Gasteiger partial charge in [-0.15, -0.1) is 0 Å². The summed E-state index contributed by atoms with van der Waals surface area (Å²) in [7, 11) is -3.58. The van der Waals surface area contributed by atoms with Crippen molar-refractivity contribution in [2.75, 3.05) is 6.61 Å². The number of unbranched alkanes of at least 4 members (excludes halogenated alkanes) is 1. The largest absolute Gasteiger partial charge is 0.296 e. The van der Waals surface area contributed by atoms with Crippen molar-refractivity contribution >= 4 is 10.1 Å². The van der Waals surface area contributed by atoms with Crippen LogP contribution < -0.4 is 0 Å². The Morgan fingerprint density at radius 1 is 1.40 bits per heavy atom. The lowest BCUT2D eigenvalue weighted by Gasteiger charge is -2.05. The fourth-order valence-corrected chi connectivity index (χ4v) is 2.16. The topological polar surface area (TPSA) is 43.4 Å². The van der Waals surface area contributed by atoms with E-state index < -0.39 is 10.1 Å². The highest BCUT2D eigenvalue weighted by Gasteiger charge is 2.14. The average molecular weight is 227 g/mol. The molecule has 0 aliphatic heterocycles. The molecule has 15 heavy (non-hydrogen) atoms. The van der Waals surface area contributed by atoms with Gasteiger partial charge in [-0.2, -0.15) is 8.42 Å². The summed E-state index contributed by atoms with van der Waals surface area (Å²) in [6, 6.07) is 6.67. The predicted octanol–water partition coefficient (Wildman–Crippen LogP) is 2.31. The van der Waals surface area contributed by atoms with Crippen molar-refractivity contribution in [2.24, 2.45) is 0 Å². The fraction of sp³-hybridized carbons (Fsp3) is 0.364. The Morgan fingerprint density at radius 3 is 2.73 bits per heavy atom. The van der Waals surface area contributed by atoms with Crippen molar-refractivity contribution in [3.8, 4) is 0 Å².